The summed E-state index contributed by atoms with van der Waals surface area (Å²) in [6, 6.07) is 4.92. The first kappa shape index (κ1) is 12.1. The summed E-state index contributed by atoms with van der Waals surface area (Å²) in [5.74, 6) is -0.763. The van der Waals surface area contributed by atoms with E-state index in [1.807, 2.05) is 0 Å². The Kier molecular flexibility index (Phi) is 3.44. The highest BCUT2D eigenvalue weighted by atomic mass is 79.9. The molecule has 0 saturated carbocycles. The lowest BCUT2D eigenvalue weighted by molar-refractivity contribution is 0.421. The average Bonchev–Trinajstić information content (AvgIpc) is 2.27. The SMILES string of the molecule is Nc1ncc(F)c(Oc2ccc(Br)cc2Cl)n1. The van der Waals surface area contributed by atoms with Crippen molar-refractivity contribution in [2.45, 2.75) is 0 Å². The summed E-state index contributed by atoms with van der Waals surface area (Å²) in [5.41, 5.74) is 5.33. The summed E-state index contributed by atoms with van der Waals surface area (Å²) in [6.07, 6.45) is 0.935. The highest BCUT2D eigenvalue weighted by molar-refractivity contribution is 9.10. The van der Waals surface area contributed by atoms with Gasteiger partial charge in [-0.2, -0.15) is 9.37 Å². The van der Waals surface area contributed by atoms with Gasteiger partial charge in [0.1, 0.15) is 5.75 Å². The van der Waals surface area contributed by atoms with Gasteiger partial charge in [0, 0.05) is 4.47 Å². The molecule has 0 bridgehead atoms. The van der Waals surface area contributed by atoms with Gasteiger partial charge in [-0.05, 0) is 18.2 Å². The Morgan fingerprint density at radius 1 is 1.41 bits per heavy atom. The quantitative estimate of drug-likeness (QED) is 0.922. The molecular formula is C10H6BrClFN3O. The van der Waals surface area contributed by atoms with Gasteiger partial charge in [-0.15, -0.1) is 0 Å². The predicted octanol–water partition coefficient (Wildman–Crippen LogP) is 3.41. The molecule has 0 aliphatic heterocycles. The standard InChI is InChI=1S/C10H6BrClFN3O/c11-5-1-2-8(6(12)3-5)17-9-7(13)4-15-10(14)16-9/h1-4H,(H2,14,15,16). The van der Waals surface area contributed by atoms with Crippen molar-refractivity contribution >= 4 is 33.5 Å². The van der Waals surface area contributed by atoms with Gasteiger partial charge in [0.05, 0.1) is 11.2 Å². The van der Waals surface area contributed by atoms with Crippen LogP contribution in [0.3, 0.4) is 0 Å². The lowest BCUT2D eigenvalue weighted by Crippen LogP contribution is -1.99. The maximum Gasteiger partial charge on any atom is 0.260 e. The van der Waals surface area contributed by atoms with E-state index in [0.717, 1.165) is 10.7 Å². The van der Waals surface area contributed by atoms with Crippen LogP contribution in [0.4, 0.5) is 10.3 Å². The molecule has 17 heavy (non-hydrogen) atoms. The van der Waals surface area contributed by atoms with E-state index in [9.17, 15) is 4.39 Å². The average molecular weight is 319 g/mol. The highest BCUT2D eigenvalue weighted by Gasteiger charge is 2.10. The van der Waals surface area contributed by atoms with Crippen molar-refractivity contribution in [3.63, 3.8) is 0 Å². The molecule has 0 spiro atoms. The van der Waals surface area contributed by atoms with Crippen molar-refractivity contribution < 1.29 is 9.13 Å². The van der Waals surface area contributed by atoms with E-state index in [0.29, 0.717) is 5.02 Å². The Bertz CT molecular complexity index is 567. The first-order valence-electron chi connectivity index (χ1n) is 4.47. The van der Waals surface area contributed by atoms with Crippen molar-refractivity contribution in [1.29, 1.82) is 0 Å². The second-order valence-electron chi connectivity index (χ2n) is 3.06. The van der Waals surface area contributed by atoms with E-state index in [4.69, 9.17) is 22.1 Å². The molecule has 0 saturated heterocycles. The molecule has 2 aromatic rings. The van der Waals surface area contributed by atoms with E-state index < -0.39 is 5.82 Å². The fraction of sp³-hybridized carbons (Fsp3) is 0. The first-order valence-corrected chi connectivity index (χ1v) is 5.64. The highest BCUT2D eigenvalue weighted by Crippen LogP contribution is 2.31. The van der Waals surface area contributed by atoms with Gasteiger partial charge in [0.2, 0.25) is 11.8 Å². The first-order chi connectivity index (χ1) is 8.06. The number of halogens is 3. The van der Waals surface area contributed by atoms with Crippen LogP contribution in [0.2, 0.25) is 5.02 Å². The van der Waals surface area contributed by atoms with Crippen LogP contribution in [0.5, 0.6) is 11.6 Å². The zero-order valence-corrected chi connectivity index (χ0v) is 10.7. The molecule has 0 fully saturated rings. The van der Waals surface area contributed by atoms with E-state index in [2.05, 4.69) is 25.9 Å². The summed E-state index contributed by atoms with van der Waals surface area (Å²) >= 11 is 9.17. The molecule has 0 aliphatic carbocycles. The third-order valence-electron chi connectivity index (χ3n) is 1.83. The molecule has 0 radical (unpaired) electrons. The zero-order valence-electron chi connectivity index (χ0n) is 8.32. The van der Waals surface area contributed by atoms with Crippen molar-refractivity contribution in [2.75, 3.05) is 5.73 Å². The van der Waals surface area contributed by atoms with Crippen molar-refractivity contribution in [3.8, 4) is 11.6 Å². The summed E-state index contributed by atoms with van der Waals surface area (Å²) in [5, 5.41) is 0.330. The van der Waals surface area contributed by atoms with Gasteiger partial charge in [-0.1, -0.05) is 27.5 Å². The van der Waals surface area contributed by atoms with Crippen LogP contribution >= 0.6 is 27.5 Å². The molecule has 1 heterocycles. The Balaban J connectivity index is 2.34. The minimum atomic E-state index is -0.710. The Morgan fingerprint density at radius 3 is 2.88 bits per heavy atom. The molecule has 2 N–H and O–H groups in total. The third-order valence-corrected chi connectivity index (χ3v) is 2.62. The Labute approximate surface area is 110 Å². The number of aromatic nitrogens is 2. The molecule has 0 atom stereocenters. The van der Waals surface area contributed by atoms with Gasteiger partial charge < -0.3 is 10.5 Å². The number of anilines is 1. The number of hydrogen-bond donors (Lipinski definition) is 1. The summed E-state index contributed by atoms with van der Waals surface area (Å²) in [6.45, 7) is 0. The lowest BCUT2D eigenvalue weighted by Gasteiger charge is -2.07. The van der Waals surface area contributed by atoms with E-state index in [1.54, 1.807) is 18.2 Å². The number of hydrogen-bond acceptors (Lipinski definition) is 4. The van der Waals surface area contributed by atoms with E-state index in [1.165, 1.54) is 0 Å². The molecule has 0 amide bonds. The van der Waals surface area contributed by atoms with Gasteiger partial charge in [0.25, 0.3) is 5.88 Å². The Morgan fingerprint density at radius 2 is 2.18 bits per heavy atom. The van der Waals surface area contributed by atoms with Crippen LogP contribution in [0.1, 0.15) is 0 Å². The van der Waals surface area contributed by atoms with Gasteiger partial charge in [-0.3, -0.25) is 0 Å². The van der Waals surface area contributed by atoms with E-state index >= 15 is 0 Å². The van der Waals surface area contributed by atoms with Gasteiger partial charge in [0.15, 0.2) is 0 Å². The lowest BCUT2D eigenvalue weighted by atomic mass is 10.3. The van der Waals surface area contributed by atoms with Crippen LogP contribution in [0.25, 0.3) is 0 Å². The molecule has 88 valence electrons. The normalized spacial score (nSPS) is 10.3. The molecule has 1 aromatic carbocycles. The van der Waals surface area contributed by atoms with Crippen LogP contribution in [0.15, 0.2) is 28.9 Å². The number of ether oxygens (including phenoxy) is 1. The smallest absolute Gasteiger partial charge is 0.260 e. The fourth-order valence-corrected chi connectivity index (χ4v) is 1.81. The van der Waals surface area contributed by atoms with Crippen molar-refractivity contribution in [1.82, 2.24) is 9.97 Å². The largest absolute Gasteiger partial charge is 0.435 e. The molecule has 2 rings (SSSR count). The Hall–Kier alpha value is -1.40. The summed E-state index contributed by atoms with van der Waals surface area (Å²) < 4.78 is 19.3. The van der Waals surface area contributed by atoms with Crippen LogP contribution in [0, 0.1) is 5.82 Å². The van der Waals surface area contributed by atoms with Crippen molar-refractivity contribution in [3.05, 3.63) is 39.7 Å². The zero-order chi connectivity index (χ0) is 12.4. The molecule has 7 heteroatoms. The fourth-order valence-electron chi connectivity index (χ4n) is 1.10. The minimum absolute atomic E-state index is 0.0744. The topological polar surface area (TPSA) is 61.0 Å². The molecule has 0 aliphatic rings. The maximum absolute atomic E-state index is 13.3. The number of nitrogens with two attached hydrogens (primary N) is 1. The number of rotatable bonds is 2. The molecule has 0 unspecified atom stereocenters. The van der Waals surface area contributed by atoms with Gasteiger partial charge in [-0.25, -0.2) is 4.98 Å². The van der Waals surface area contributed by atoms with Gasteiger partial charge >= 0.3 is 0 Å². The van der Waals surface area contributed by atoms with Crippen LogP contribution in [-0.4, -0.2) is 9.97 Å². The number of nitrogen functional groups attached to an aromatic ring is 1. The molecule has 1 aromatic heterocycles. The summed E-state index contributed by atoms with van der Waals surface area (Å²) in [4.78, 5) is 7.12. The summed E-state index contributed by atoms with van der Waals surface area (Å²) in [7, 11) is 0. The molecular weight excluding hydrogens is 312 g/mol. The van der Waals surface area contributed by atoms with E-state index in [-0.39, 0.29) is 17.6 Å². The van der Waals surface area contributed by atoms with Crippen LogP contribution < -0.4 is 10.5 Å². The second kappa shape index (κ2) is 4.85. The van der Waals surface area contributed by atoms with Crippen molar-refractivity contribution in [2.24, 2.45) is 0 Å². The molecule has 4 nitrogen and oxygen atoms in total. The van der Waals surface area contributed by atoms with Crippen LogP contribution in [-0.2, 0) is 0 Å². The predicted molar refractivity (Wildman–Crippen MR) is 65.6 cm³/mol. The maximum atomic E-state index is 13.3. The minimum Gasteiger partial charge on any atom is -0.435 e. The third kappa shape index (κ3) is 2.83. The number of benzene rings is 1. The monoisotopic (exact) mass is 317 g/mol. The number of nitrogens with zero attached hydrogens (tertiary/aromatic N) is 2. The second-order valence-corrected chi connectivity index (χ2v) is 4.38.